The lowest BCUT2D eigenvalue weighted by atomic mass is 10.2. The summed E-state index contributed by atoms with van der Waals surface area (Å²) >= 11 is 6.09. The highest BCUT2D eigenvalue weighted by Crippen LogP contribution is 2.20. The number of aryl methyl sites for hydroxylation is 2. The Morgan fingerprint density at radius 2 is 2.23 bits per heavy atom. The third-order valence-electron chi connectivity index (χ3n) is 1.91. The van der Waals surface area contributed by atoms with Crippen LogP contribution in [0.25, 0.3) is 5.65 Å². The highest BCUT2D eigenvalue weighted by molar-refractivity contribution is 6.34. The summed E-state index contributed by atoms with van der Waals surface area (Å²) < 4.78 is 1.56. The van der Waals surface area contributed by atoms with E-state index in [0.29, 0.717) is 5.02 Å². The van der Waals surface area contributed by atoms with Gasteiger partial charge in [0.1, 0.15) is 10.8 Å². The third kappa shape index (κ3) is 1.31. The minimum absolute atomic E-state index is 0.697. The van der Waals surface area contributed by atoms with Crippen LogP contribution in [0.1, 0.15) is 24.9 Å². The van der Waals surface area contributed by atoms with E-state index in [0.717, 1.165) is 30.0 Å². The number of nitrogens with one attached hydrogen (secondary N) is 1. The van der Waals surface area contributed by atoms with Gasteiger partial charge in [-0.3, -0.25) is 0 Å². The van der Waals surface area contributed by atoms with Crippen molar-refractivity contribution in [3.05, 3.63) is 16.5 Å². The number of hydrogen-bond acceptors (Lipinski definition) is 2. The van der Waals surface area contributed by atoms with Crippen molar-refractivity contribution >= 4 is 17.2 Å². The van der Waals surface area contributed by atoms with Crippen LogP contribution in [0.5, 0.6) is 0 Å². The average molecular weight is 199 g/mol. The van der Waals surface area contributed by atoms with Crippen molar-refractivity contribution in [3.8, 4) is 0 Å². The minimum Gasteiger partial charge on any atom is -0.324 e. The lowest BCUT2D eigenvalue weighted by molar-refractivity contribution is 0.762. The monoisotopic (exact) mass is 198 g/mol. The molecule has 0 aromatic carbocycles. The Morgan fingerprint density at radius 3 is 2.85 bits per heavy atom. The molecule has 70 valence electrons. The topological polar surface area (TPSA) is 46.0 Å². The normalized spacial score (nSPS) is 11.3. The Labute approximate surface area is 80.9 Å². The second-order valence-corrected chi connectivity index (χ2v) is 3.44. The van der Waals surface area contributed by atoms with Crippen molar-refractivity contribution in [3.63, 3.8) is 0 Å². The average Bonchev–Trinajstić information content (AvgIpc) is 2.54. The van der Waals surface area contributed by atoms with E-state index in [1.807, 2.05) is 6.92 Å². The van der Waals surface area contributed by atoms with Crippen LogP contribution in [0, 0.1) is 6.92 Å². The number of nitrogens with zero attached hydrogens (tertiary/aromatic N) is 3. The number of rotatable bonds is 2. The molecule has 5 heteroatoms. The predicted octanol–water partition coefficient (Wildman–Crippen LogP) is 1.97. The number of fused-ring (bicyclic) bond motifs is 1. The Hall–Kier alpha value is -1.03. The zero-order chi connectivity index (χ0) is 9.42. The van der Waals surface area contributed by atoms with Crippen molar-refractivity contribution in [2.24, 2.45) is 0 Å². The molecule has 0 atom stereocenters. The first-order valence-electron chi connectivity index (χ1n) is 4.32. The molecule has 0 fully saturated rings. The molecule has 13 heavy (non-hydrogen) atoms. The van der Waals surface area contributed by atoms with Crippen LogP contribution in [0.2, 0.25) is 5.02 Å². The van der Waals surface area contributed by atoms with Gasteiger partial charge in [-0.05, 0) is 13.3 Å². The summed E-state index contributed by atoms with van der Waals surface area (Å²) in [4.78, 5) is 3.06. The van der Waals surface area contributed by atoms with Gasteiger partial charge in [-0.15, -0.1) is 9.73 Å². The van der Waals surface area contributed by atoms with Crippen LogP contribution in [0.3, 0.4) is 0 Å². The third-order valence-corrected chi connectivity index (χ3v) is 2.30. The summed E-state index contributed by atoms with van der Waals surface area (Å²) in [5.74, 6) is 0.826. The quantitative estimate of drug-likeness (QED) is 0.802. The highest BCUT2D eigenvalue weighted by Gasteiger charge is 2.12. The second kappa shape index (κ2) is 3.03. The molecule has 2 heterocycles. The molecular weight excluding hydrogens is 188 g/mol. The fraction of sp³-hybridized carbons (Fsp3) is 0.500. The molecule has 4 nitrogen and oxygen atoms in total. The molecule has 1 N–H and O–H groups in total. The molecule has 0 spiro atoms. The summed E-state index contributed by atoms with van der Waals surface area (Å²) in [6.45, 7) is 3.98. The number of hydrogen-bond donors (Lipinski definition) is 1. The van der Waals surface area contributed by atoms with Crippen molar-refractivity contribution in [1.82, 2.24) is 19.8 Å². The lowest BCUT2D eigenvalue weighted by Crippen LogP contribution is -1.90. The van der Waals surface area contributed by atoms with Crippen LogP contribution in [0.4, 0.5) is 0 Å². The zero-order valence-corrected chi connectivity index (χ0v) is 8.39. The molecule has 2 rings (SSSR count). The van der Waals surface area contributed by atoms with Gasteiger partial charge in [0, 0.05) is 0 Å². The molecule has 0 aliphatic carbocycles. The van der Waals surface area contributed by atoms with Crippen molar-refractivity contribution < 1.29 is 0 Å². The van der Waals surface area contributed by atoms with Crippen LogP contribution >= 0.6 is 11.6 Å². The first kappa shape index (κ1) is 8.56. The van der Waals surface area contributed by atoms with Gasteiger partial charge in [-0.1, -0.05) is 24.9 Å². The van der Waals surface area contributed by atoms with Crippen molar-refractivity contribution in [2.75, 3.05) is 0 Å². The summed E-state index contributed by atoms with van der Waals surface area (Å²) in [5.41, 5.74) is 1.71. The predicted molar refractivity (Wildman–Crippen MR) is 51.1 cm³/mol. The first-order chi connectivity index (χ1) is 6.22. The second-order valence-electron chi connectivity index (χ2n) is 3.06. The van der Waals surface area contributed by atoms with E-state index in [1.165, 1.54) is 0 Å². The molecular formula is C8H11ClN4. The maximum Gasteiger partial charge on any atom is 0.174 e. The van der Waals surface area contributed by atoms with E-state index >= 15 is 0 Å². The van der Waals surface area contributed by atoms with E-state index in [9.17, 15) is 0 Å². The van der Waals surface area contributed by atoms with E-state index < -0.39 is 0 Å². The molecule has 0 aliphatic heterocycles. The summed E-state index contributed by atoms with van der Waals surface area (Å²) in [7, 11) is 0. The van der Waals surface area contributed by atoms with Crippen LogP contribution in [0.15, 0.2) is 0 Å². The van der Waals surface area contributed by atoms with Gasteiger partial charge in [0.05, 0.1) is 5.69 Å². The largest absolute Gasteiger partial charge is 0.324 e. The van der Waals surface area contributed by atoms with Gasteiger partial charge in [-0.25, -0.2) is 0 Å². The van der Waals surface area contributed by atoms with Crippen LogP contribution < -0.4 is 0 Å². The van der Waals surface area contributed by atoms with Crippen LogP contribution in [-0.4, -0.2) is 19.8 Å². The van der Waals surface area contributed by atoms with Crippen molar-refractivity contribution in [1.29, 1.82) is 0 Å². The summed E-state index contributed by atoms with van der Waals surface area (Å²) in [6.07, 6.45) is 1.94. The van der Waals surface area contributed by atoms with Gasteiger partial charge in [-0.2, -0.15) is 5.10 Å². The molecule has 0 saturated carbocycles. The maximum atomic E-state index is 6.09. The Balaban J connectivity index is 2.56. The SMILES string of the molecule is CCCc1nn2nc(C)[nH]c2c1Cl. The first-order valence-corrected chi connectivity index (χ1v) is 4.70. The molecule has 0 unspecified atom stereocenters. The van der Waals surface area contributed by atoms with E-state index in [2.05, 4.69) is 22.1 Å². The minimum atomic E-state index is 0.697. The van der Waals surface area contributed by atoms with E-state index in [-0.39, 0.29) is 0 Å². The number of aromatic amines is 1. The fourth-order valence-electron chi connectivity index (χ4n) is 1.34. The van der Waals surface area contributed by atoms with E-state index in [4.69, 9.17) is 11.6 Å². The maximum absolute atomic E-state index is 6.09. The van der Waals surface area contributed by atoms with Crippen molar-refractivity contribution in [2.45, 2.75) is 26.7 Å². The lowest BCUT2D eigenvalue weighted by Gasteiger charge is -1.89. The number of H-pyrrole nitrogens is 1. The molecule has 0 saturated heterocycles. The summed E-state index contributed by atoms with van der Waals surface area (Å²) in [6, 6.07) is 0. The fourth-order valence-corrected chi connectivity index (χ4v) is 1.60. The van der Waals surface area contributed by atoms with Gasteiger partial charge in [0.15, 0.2) is 5.65 Å². The molecule has 2 aromatic heterocycles. The van der Waals surface area contributed by atoms with E-state index in [1.54, 1.807) is 4.63 Å². The molecule has 2 aromatic rings. The van der Waals surface area contributed by atoms with Gasteiger partial charge in [0.25, 0.3) is 0 Å². The Bertz CT molecular complexity index is 428. The summed E-state index contributed by atoms with van der Waals surface area (Å²) in [5, 5.41) is 9.10. The smallest absolute Gasteiger partial charge is 0.174 e. The molecule has 0 radical (unpaired) electrons. The number of halogens is 1. The Kier molecular flexibility index (Phi) is 2.00. The van der Waals surface area contributed by atoms with Crippen LogP contribution in [-0.2, 0) is 6.42 Å². The standard InChI is InChI=1S/C8H11ClN4/c1-3-4-6-7(9)8-10-5(2)11-13(8)12-6/h3-4H2,1-2H3,(H,10,11). The highest BCUT2D eigenvalue weighted by atomic mass is 35.5. The molecule has 0 bridgehead atoms. The van der Waals surface area contributed by atoms with Gasteiger partial charge < -0.3 is 4.98 Å². The molecule has 0 aliphatic rings. The molecule has 0 amide bonds. The number of aromatic nitrogens is 4. The Morgan fingerprint density at radius 1 is 1.46 bits per heavy atom. The zero-order valence-electron chi connectivity index (χ0n) is 7.63. The van der Waals surface area contributed by atoms with Gasteiger partial charge in [0.2, 0.25) is 0 Å². The van der Waals surface area contributed by atoms with Gasteiger partial charge >= 0.3 is 0 Å².